The van der Waals surface area contributed by atoms with Crippen LogP contribution in [0, 0.1) is 13.8 Å². The van der Waals surface area contributed by atoms with Crippen molar-refractivity contribution >= 4 is 5.91 Å². The molecule has 2 aliphatic heterocycles. The topological polar surface area (TPSA) is 84.7 Å². The number of aromatic hydroxyl groups is 1. The molecule has 2 fully saturated rings. The van der Waals surface area contributed by atoms with Gasteiger partial charge in [0.25, 0.3) is 5.91 Å². The van der Waals surface area contributed by atoms with Crippen molar-refractivity contribution in [2.24, 2.45) is 0 Å². The number of aromatic nitrogens is 2. The molecule has 3 aliphatic rings. The van der Waals surface area contributed by atoms with Gasteiger partial charge in [0.05, 0.1) is 13.2 Å². The van der Waals surface area contributed by atoms with Gasteiger partial charge in [-0.25, -0.2) is 0 Å². The highest BCUT2D eigenvalue weighted by molar-refractivity contribution is 5.96. The molecule has 7 nitrogen and oxygen atoms in total. The number of ether oxygens (including phenoxy) is 1. The Balaban J connectivity index is 1.63. The van der Waals surface area contributed by atoms with Gasteiger partial charge >= 0.3 is 5.56 Å². The van der Waals surface area contributed by atoms with Crippen LogP contribution < -0.4 is 5.56 Å². The summed E-state index contributed by atoms with van der Waals surface area (Å²) in [6, 6.07) is 6.66. The number of hydrogen-bond acceptors (Lipinski definition) is 5. The third kappa shape index (κ3) is 3.34. The third-order valence-corrected chi connectivity index (χ3v) is 7.54. The van der Waals surface area contributed by atoms with E-state index in [1.807, 2.05) is 6.92 Å². The van der Waals surface area contributed by atoms with E-state index in [1.54, 1.807) is 9.47 Å². The van der Waals surface area contributed by atoms with Crippen LogP contribution in [0.3, 0.4) is 0 Å². The molecule has 1 N–H and O–H groups in total. The summed E-state index contributed by atoms with van der Waals surface area (Å²) >= 11 is 0. The van der Waals surface area contributed by atoms with Crippen LogP contribution in [-0.2, 0) is 23.1 Å². The van der Waals surface area contributed by atoms with E-state index in [9.17, 15) is 14.7 Å². The average molecular weight is 438 g/mol. The van der Waals surface area contributed by atoms with Crippen molar-refractivity contribution in [1.82, 2.24) is 14.5 Å². The van der Waals surface area contributed by atoms with Crippen molar-refractivity contribution in [3.8, 4) is 5.75 Å². The molecule has 1 aliphatic carbocycles. The number of amides is 1. The molecule has 32 heavy (non-hydrogen) atoms. The van der Waals surface area contributed by atoms with Crippen molar-refractivity contribution in [2.45, 2.75) is 83.5 Å². The second kappa shape index (κ2) is 7.73. The molecular formula is C25H31N3O4. The van der Waals surface area contributed by atoms with Gasteiger partial charge in [-0.15, -0.1) is 0 Å². The van der Waals surface area contributed by atoms with Crippen LogP contribution >= 0.6 is 0 Å². The molecule has 3 heterocycles. The van der Waals surface area contributed by atoms with Crippen LogP contribution in [0.4, 0.5) is 0 Å². The molecule has 170 valence electrons. The van der Waals surface area contributed by atoms with Gasteiger partial charge in [0, 0.05) is 17.9 Å². The number of aryl methyl sites for hydroxylation is 2. The van der Waals surface area contributed by atoms with Crippen LogP contribution in [0.25, 0.3) is 0 Å². The number of fused-ring (bicyclic) bond motifs is 2. The van der Waals surface area contributed by atoms with E-state index in [1.165, 1.54) is 16.7 Å². The van der Waals surface area contributed by atoms with Gasteiger partial charge in [-0.05, 0) is 45.6 Å². The van der Waals surface area contributed by atoms with Gasteiger partial charge in [-0.1, -0.05) is 42.2 Å². The first-order chi connectivity index (χ1) is 15.3. The highest BCUT2D eigenvalue weighted by Crippen LogP contribution is 2.44. The lowest BCUT2D eigenvalue weighted by Crippen LogP contribution is -2.57. The average Bonchev–Trinajstić information content (AvgIpc) is 3.21. The summed E-state index contributed by atoms with van der Waals surface area (Å²) in [6.45, 7) is 7.17. The lowest BCUT2D eigenvalue weighted by molar-refractivity contribution is -0.112. The monoisotopic (exact) mass is 437 g/mol. The summed E-state index contributed by atoms with van der Waals surface area (Å²) in [5, 5.41) is 10.5. The Morgan fingerprint density at radius 3 is 2.53 bits per heavy atom. The summed E-state index contributed by atoms with van der Waals surface area (Å²) < 4.78 is 7.66. The van der Waals surface area contributed by atoms with E-state index in [0.29, 0.717) is 25.4 Å². The molecule has 0 bridgehead atoms. The van der Waals surface area contributed by atoms with Crippen LogP contribution in [0.2, 0.25) is 0 Å². The van der Waals surface area contributed by atoms with Crippen molar-refractivity contribution in [3.05, 3.63) is 56.8 Å². The van der Waals surface area contributed by atoms with Crippen LogP contribution in [0.15, 0.2) is 23.0 Å². The molecule has 0 unspecified atom stereocenters. The summed E-state index contributed by atoms with van der Waals surface area (Å²) in [6.07, 6.45) is 5.17. The quantitative estimate of drug-likeness (QED) is 0.797. The minimum Gasteiger partial charge on any atom is -0.501 e. The largest absolute Gasteiger partial charge is 0.501 e. The molecule has 1 saturated carbocycles. The maximum atomic E-state index is 13.4. The Bertz CT molecular complexity index is 1110. The fraction of sp³-hybridized carbons (Fsp3) is 0.560. The Morgan fingerprint density at radius 1 is 1.16 bits per heavy atom. The van der Waals surface area contributed by atoms with Crippen molar-refractivity contribution < 1.29 is 14.6 Å². The standard InChI is InChI=1S/C25H31N3O4/c1-15-10-16(2)12-18(11-15)25(7-4-5-8-25)13-19-26-23(30)22(29)21-24(31)28-17(3)6-9-32-20(28)14-27(19)21/h10-12,17,20,29H,4-9,13-14H2,1-3H3/t17-,20+/m0/s1. The Hall–Kier alpha value is -2.67. The summed E-state index contributed by atoms with van der Waals surface area (Å²) in [7, 11) is 0. The van der Waals surface area contributed by atoms with Crippen molar-refractivity contribution in [2.75, 3.05) is 6.61 Å². The molecule has 1 saturated heterocycles. The third-order valence-electron chi connectivity index (χ3n) is 7.54. The van der Waals surface area contributed by atoms with Gasteiger partial charge in [0.15, 0.2) is 11.9 Å². The fourth-order valence-corrected chi connectivity index (χ4v) is 5.97. The number of carbonyl (C=O) groups is 1. The van der Waals surface area contributed by atoms with Crippen molar-refractivity contribution in [3.63, 3.8) is 0 Å². The maximum absolute atomic E-state index is 13.4. The van der Waals surface area contributed by atoms with E-state index < -0.39 is 17.5 Å². The molecule has 7 heteroatoms. The number of hydrogen-bond donors (Lipinski definition) is 1. The normalized spacial score (nSPS) is 24.3. The number of nitrogens with zero attached hydrogens (tertiary/aromatic N) is 3. The zero-order valence-electron chi connectivity index (χ0n) is 19.1. The molecular weight excluding hydrogens is 406 g/mol. The first-order valence-electron chi connectivity index (χ1n) is 11.6. The van der Waals surface area contributed by atoms with E-state index in [4.69, 9.17) is 4.74 Å². The molecule has 2 atom stereocenters. The van der Waals surface area contributed by atoms with Gasteiger partial charge in [-0.2, -0.15) is 4.98 Å². The minimum absolute atomic E-state index is 0.00226. The molecule has 5 rings (SSSR count). The van der Waals surface area contributed by atoms with Crippen LogP contribution in [0.5, 0.6) is 5.75 Å². The molecule has 1 amide bonds. The second-order valence-electron chi connectivity index (χ2n) is 9.86. The van der Waals surface area contributed by atoms with Gasteiger partial charge in [0.2, 0.25) is 5.75 Å². The maximum Gasteiger partial charge on any atom is 0.315 e. The van der Waals surface area contributed by atoms with Crippen molar-refractivity contribution in [1.29, 1.82) is 0 Å². The number of benzene rings is 1. The molecule has 2 aromatic rings. The summed E-state index contributed by atoms with van der Waals surface area (Å²) in [5.74, 6) is -0.334. The van der Waals surface area contributed by atoms with E-state index in [2.05, 4.69) is 37.0 Å². The zero-order valence-corrected chi connectivity index (χ0v) is 19.1. The van der Waals surface area contributed by atoms with E-state index in [-0.39, 0.29) is 23.1 Å². The van der Waals surface area contributed by atoms with Gasteiger partial charge < -0.3 is 19.3 Å². The first-order valence-corrected chi connectivity index (χ1v) is 11.6. The SMILES string of the molecule is Cc1cc(C)cc(C2(Cc3nc(=O)c(O)c4n3C[C@H]3OCC[C@H](C)N3C4=O)CCCC2)c1. The summed E-state index contributed by atoms with van der Waals surface area (Å²) in [5.41, 5.74) is 2.92. The highest BCUT2D eigenvalue weighted by atomic mass is 16.5. The second-order valence-corrected chi connectivity index (χ2v) is 9.86. The molecule has 1 aromatic carbocycles. The van der Waals surface area contributed by atoms with Crippen LogP contribution in [-0.4, -0.2) is 44.3 Å². The van der Waals surface area contributed by atoms with E-state index >= 15 is 0 Å². The lowest BCUT2D eigenvalue weighted by atomic mass is 9.75. The Morgan fingerprint density at radius 2 is 1.84 bits per heavy atom. The predicted octanol–water partition coefficient (Wildman–Crippen LogP) is 3.21. The predicted molar refractivity (Wildman–Crippen MR) is 120 cm³/mol. The number of rotatable bonds is 3. The summed E-state index contributed by atoms with van der Waals surface area (Å²) in [4.78, 5) is 32.0. The van der Waals surface area contributed by atoms with E-state index in [0.717, 1.165) is 32.1 Å². The molecule has 0 radical (unpaired) electrons. The molecule has 0 spiro atoms. The first kappa shape index (κ1) is 21.2. The smallest absolute Gasteiger partial charge is 0.315 e. The zero-order chi connectivity index (χ0) is 22.6. The van der Waals surface area contributed by atoms with Gasteiger partial charge in [-0.3, -0.25) is 9.59 Å². The Kier molecular flexibility index (Phi) is 5.12. The highest BCUT2D eigenvalue weighted by Gasteiger charge is 2.43. The number of carbonyl (C=O) groups excluding carboxylic acids is 1. The van der Waals surface area contributed by atoms with Crippen LogP contribution in [0.1, 0.15) is 72.0 Å². The lowest BCUT2D eigenvalue weighted by Gasteiger charge is -2.44. The molecule has 1 aromatic heterocycles. The van der Waals surface area contributed by atoms with Gasteiger partial charge in [0.1, 0.15) is 5.82 Å². The Labute approximate surface area is 188 Å². The fourth-order valence-electron chi connectivity index (χ4n) is 5.97. The minimum atomic E-state index is -0.725.